The lowest BCUT2D eigenvalue weighted by Crippen LogP contribution is -2.17. The lowest BCUT2D eigenvalue weighted by molar-refractivity contribution is 0.0870. The number of anilines is 1. The molecule has 0 aliphatic heterocycles. The Bertz CT molecular complexity index is 714. The van der Waals surface area contributed by atoms with Crippen molar-refractivity contribution in [1.82, 2.24) is 9.78 Å². The fraction of sp³-hybridized carbons (Fsp3) is 0.214. The summed E-state index contributed by atoms with van der Waals surface area (Å²) in [4.78, 5) is 12.3. The normalized spacial score (nSPS) is 20.4. The van der Waals surface area contributed by atoms with Crippen molar-refractivity contribution in [3.8, 4) is 6.07 Å². The molecule has 1 aromatic carbocycles. The van der Waals surface area contributed by atoms with E-state index in [-0.39, 0.29) is 29.1 Å². The summed E-state index contributed by atoms with van der Waals surface area (Å²) in [6, 6.07) is 9.38. The number of nitrogens with zero attached hydrogens (tertiary/aromatic N) is 3. The molecule has 0 bridgehead atoms. The summed E-state index contributed by atoms with van der Waals surface area (Å²) < 4.78 is 1.12. The van der Waals surface area contributed by atoms with Crippen molar-refractivity contribution in [2.24, 2.45) is 5.92 Å². The Balaban J connectivity index is 1.79. The van der Waals surface area contributed by atoms with E-state index in [0.29, 0.717) is 5.02 Å². The van der Waals surface area contributed by atoms with Gasteiger partial charge in [-0.2, -0.15) is 15.0 Å². The van der Waals surface area contributed by atoms with Crippen molar-refractivity contribution in [3.05, 3.63) is 46.6 Å². The zero-order chi connectivity index (χ0) is 14.3. The molecule has 1 saturated carbocycles. The highest BCUT2D eigenvalue weighted by Crippen LogP contribution is 2.48. The van der Waals surface area contributed by atoms with E-state index in [9.17, 15) is 4.79 Å². The second-order valence-corrected chi connectivity index (χ2v) is 5.24. The predicted molar refractivity (Wildman–Crippen MR) is 74.3 cm³/mol. The van der Waals surface area contributed by atoms with E-state index in [2.05, 4.69) is 5.10 Å². The van der Waals surface area contributed by atoms with E-state index in [1.54, 1.807) is 0 Å². The van der Waals surface area contributed by atoms with Crippen LogP contribution in [0, 0.1) is 17.2 Å². The Kier molecular flexibility index (Phi) is 2.96. The molecule has 1 heterocycles. The minimum atomic E-state index is -0.163. The number of benzene rings is 1. The summed E-state index contributed by atoms with van der Waals surface area (Å²) in [5, 5.41) is 13.4. The van der Waals surface area contributed by atoms with E-state index >= 15 is 0 Å². The van der Waals surface area contributed by atoms with Crippen LogP contribution in [-0.4, -0.2) is 15.7 Å². The number of nitrogens with two attached hydrogens (primary N) is 1. The number of carbonyl (C=O) groups excluding carboxylic acids is 1. The lowest BCUT2D eigenvalue weighted by atomic mass is 10.1. The standard InChI is InChI=1S/C14H11ClN4O/c15-10-3-1-8(2-4-10)11-5-12(11)14(20)19-13(17)9(6-16)7-18-19/h1-4,7,11-12H,5,17H2/t11-,12+/m0/s1. The van der Waals surface area contributed by atoms with Crippen LogP contribution in [0.5, 0.6) is 0 Å². The quantitative estimate of drug-likeness (QED) is 0.919. The van der Waals surface area contributed by atoms with Crippen LogP contribution in [0.2, 0.25) is 5.02 Å². The van der Waals surface area contributed by atoms with Gasteiger partial charge in [-0.15, -0.1) is 0 Å². The molecule has 3 rings (SSSR count). The fourth-order valence-corrected chi connectivity index (χ4v) is 2.45. The molecule has 1 aliphatic rings. The highest BCUT2D eigenvalue weighted by atomic mass is 35.5. The number of rotatable bonds is 2. The van der Waals surface area contributed by atoms with Gasteiger partial charge in [-0.1, -0.05) is 23.7 Å². The number of hydrogen-bond acceptors (Lipinski definition) is 4. The highest BCUT2D eigenvalue weighted by Gasteiger charge is 2.45. The average molecular weight is 287 g/mol. The highest BCUT2D eigenvalue weighted by molar-refractivity contribution is 6.30. The molecule has 0 radical (unpaired) electrons. The molecule has 1 fully saturated rings. The second-order valence-electron chi connectivity index (χ2n) is 4.81. The molecular weight excluding hydrogens is 276 g/mol. The Morgan fingerprint density at radius 3 is 2.75 bits per heavy atom. The summed E-state index contributed by atoms with van der Waals surface area (Å²) >= 11 is 5.84. The van der Waals surface area contributed by atoms with Crippen molar-refractivity contribution in [2.75, 3.05) is 5.73 Å². The molecule has 1 aromatic heterocycles. The van der Waals surface area contributed by atoms with Crippen LogP contribution in [-0.2, 0) is 0 Å². The van der Waals surface area contributed by atoms with Gasteiger partial charge in [0.2, 0.25) is 0 Å². The van der Waals surface area contributed by atoms with E-state index < -0.39 is 0 Å². The first kappa shape index (κ1) is 12.7. The van der Waals surface area contributed by atoms with Crippen molar-refractivity contribution in [3.63, 3.8) is 0 Å². The van der Waals surface area contributed by atoms with Gasteiger partial charge in [0.15, 0.2) is 0 Å². The third-order valence-electron chi connectivity index (χ3n) is 3.54. The number of nitriles is 1. The van der Waals surface area contributed by atoms with Gasteiger partial charge in [0.05, 0.1) is 6.20 Å². The molecule has 0 amide bonds. The van der Waals surface area contributed by atoms with Crippen molar-refractivity contribution >= 4 is 23.3 Å². The molecule has 0 unspecified atom stereocenters. The zero-order valence-electron chi connectivity index (χ0n) is 10.5. The molecule has 0 saturated heterocycles. The summed E-state index contributed by atoms with van der Waals surface area (Å²) in [5.41, 5.74) is 7.03. The maximum absolute atomic E-state index is 12.3. The number of aromatic nitrogens is 2. The summed E-state index contributed by atoms with van der Waals surface area (Å²) in [5.74, 6) is -0.0120. The Hall–Kier alpha value is -2.32. The van der Waals surface area contributed by atoms with Crippen LogP contribution in [0.25, 0.3) is 0 Å². The molecule has 20 heavy (non-hydrogen) atoms. The topological polar surface area (TPSA) is 84.7 Å². The Labute approximate surface area is 120 Å². The van der Waals surface area contributed by atoms with Crippen LogP contribution in [0.15, 0.2) is 30.5 Å². The van der Waals surface area contributed by atoms with Gasteiger partial charge in [-0.25, -0.2) is 0 Å². The van der Waals surface area contributed by atoms with Crippen LogP contribution in [0.4, 0.5) is 5.82 Å². The molecule has 5 nitrogen and oxygen atoms in total. The number of halogens is 1. The van der Waals surface area contributed by atoms with Crippen LogP contribution in [0.3, 0.4) is 0 Å². The monoisotopic (exact) mass is 286 g/mol. The molecule has 0 spiro atoms. The van der Waals surface area contributed by atoms with E-state index in [1.807, 2.05) is 30.3 Å². The van der Waals surface area contributed by atoms with Crippen LogP contribution in [0.1, 0.15) is 28.3 Å². The number of nitrogen functional groups attached to an aromatic ring is 1. The maximum atomic E-state index is 12.3. The molecule has 2 N–H and O–H groups in total. The first-order valence-corrected chi connectivity index (χ1v) is 6.53. The SMILES string of the molecule is N#Cc1cnn(C(=O)[C@@H]2C[C@H]2c2ccc(Cl)cc2)c1N. The number of hydrogen-bond donors (Lipinski definition) is 1. The second kappa shape index (κ2) is 4.66. The van der Waals surface area contributed by atoms with Gasteiger partial charge in [0, 0.05) is 10.9 Å². The third kappa shape index (κ3) is 2.04. The van der Waals surface area contributed by atoms with Crippen LogP contribution >= 0.6 is 11.6 Å². The Morgan fingerprint density at radius 1 is 1.45 bits per heavy atom. The van der Waals surface area contributed by atoms with Gasteiger partial charge in [-0.05, 0) is 30.0 Å². The van der Waals surface area contributed by atoms with Gasteiger partial charge in [0.25, 0.3) is 5.91 Å². The molecular formula is C14H11ClN4O. The van der Waals surface area contributed by atoms with Gasteiger partial charge in [-0.3, -0.25) is 4.79 Å². The van der Waals surface area contributed by atoms with E-state index in [4.69, 9.17) is 22.6 Å². The van der Waals surface area contributed by atoms with Crippen molar-refractivity contribution < 1.29 is 4.79 Å². The Morgan fingerprint density at radius 2 is 2.15 bits per heavy atom. The van der Waals surface area contributed by atoms with Gasteiger partial charge >= 0.3 is 0 Å². The molecule has 1 aliphatic carbocycles. The predicted octanol–water partition coefficient (Wildman–Crippen LogP) is 2.43. The fourth-order valence-electron chi connectivity index (χ4n) is 2.32. The molecule has 6 heteroatoms. The van der Waals surface area contributed by atoms with E-state index in [1.165, 1.54) is 6.20 Å². The van der Waals surface area contributed by atoms with Gasteiger partial charge in [0.1, 0.15) is 17.5 Å². The minimum Gasteiger partial charge on any atom is -0.382 e. The minimum absolute atomic E-state index is 0.110. The largest absolute Gasteiger partial charge is 0.382 e. The zero-order valence-corrected chi connectivity index (χ0v) is 11.2. The van der Waals surface area contributed by atoms with Crippen molar-refractivity contribution in [2.45, 2.75) is 12.3 Å². The lowest BCUT2D eigenvalue weighted by Gasteiger charge is -2.03. The maximum Gasteiger partial charge on any atom is 0.252 e. The molecule has 2 aromatic rings. The van der Waals surface area contributed by atoms with Crippen LogP contribution < -0.4 is 5.73 Å². The average Bonchev–Trinajstić information content (AvgIpc) is 3.16. The number of carbonyl (C=O) groups is 1. The summed E-state index contributed by atoms with van der Waals surface area (Å²) in [6.45, 7) is 0. The summed E-state index contributed by atoms with van der Waals surface area (Å²) in [6.07, 6.45) is 2.08. The smallest absolute Gasteiger partial charge is 0.252 e. The molecule has 2 atom stereocenters. The van der Waals surface area contributed by atoms with E-state index in [0.717, 1.165) is 16.7 Å². The van der Waals surface area contributed by atoms with Crippen molar-refractivity contribution in [1.29, 1.82) is 5.26 Å². The third-order valence-corrected chi connectivity index (χ3v) is 3.79. The first-order valence-electron chi connectivity index (χ1n) is 6.15. The summed E-state index contributed by atoms with van der Waals surface area (Å²) in [7, 11) is 0. The van der Waals surface area contributed by atoms with Gasteiger partial charge < -0.3 is 5.73 Å². The first-order chi connectivity index (χ1) is 9.61. The molecule has 100 valence electrons.